The summed E-state index contributed by atoms with van der Waals surface area (Å²) in [7, 11) is 0. The highest BCUT2D eigenvalue weighted by Gasteiger charge is 2.11. The quantitative estimate of drug-likeness (QED) is 0.594. The maximum atomic E-state index is 13.0. The second kappa shape index (κ2) is 8.28. The van der Waals surface area contributed by atoms with Crippen LogP contribution in [0.1, 0.15) is 25.5 Å². The average molecular weight is 357 g/mol. The number of anilines is 2. The van der Waals surface area contributed by atoms with Crippen LogP contribution in [0.25, 0.3) is 11.3 Å². The molecule has 136 valence electrons. The van der Waals surface area contributed by atoms with Gasteiger partial charge in [0.25, 0.3) is 0 Å². The first-order chi connectivity index (χ1) is 12.7. The summed E-state index contributed by atoms with van der Waals surface area (Å²) < 4.78 is 24.0. The van der Waals surface area contributed by atoms with Gasteiger partial charge in [0, 0.05) is 18.2 Å². The van der Waals surface area contributed by atoms with Crippen LogP contribution in [0.15, 0.2) is 41.1 Å². The number of nitrogen functional groups attached to an aromatic ring is 1. The zero-order valence-corrected chi connectivity index (χ0v) is 14.4. The molecule has 3 N–H and O–H groups in total. The summed E-state index contributed by atoms with van der Waals surface area (Å²) in [5.74, 6) is 1.45. The molecule has 0 radical (unpaired) electrons. The minimum atomic E-state index is -0.303. The molecule has 3 aromatic rings. The summed E-state index contributed by atoms with van der Waals surface area (Å²) in [5, 5.41) is 7.17. The zero-order valence-electron chi connectivity index (χ0n) is 14.4. The van der Waals surface area contributed by atoms with E-state index < -0.39 is 0 Å². The number of hydrogen-bond acceptors (Lipinski definition) is 7. The number of ether oxygens (including phenoxy) is 1. The van der Waals surface area contributed by atoms with E-state index >= 15 is 0 Å². The van der Waals surface area contributed by atoms with Gasteiger partial charge in [-0.1, -0.05) is 18.5 Å². The van der Waals surface area contributed by atoms with Gasteiger partial charge in [-0.05, 0) is 30.7 Å². The molecule has 0 aliphatic heterocycles. The highest BCUT2D eigenvalue weighted by atomic mass is 19.1. The first-order valence-corrected chi connectivity index (χ1v) is 8.36. The molecular formula is C18H20FN5O2. The van der Waals surface area contributed by atoms with Gasteiger partial charge in [-0.15, -0.1) is 0 Å². The predicted octanol–water partition coefficient (Wildman–Crippen LogP) is 3.64. The third kappa shape index (κ3) is 4.47. The van der Waals surface area contributed by atoms with Crippen molar-refractivity contribution in [2.45, 2.75) is 26.4 Å². The van der Waals surface area contributed by atoms with Crippen molar-refractivity contribution in [1.29, 1.82) is 0 Å². The van der Waals surface area contributed by atoms with Gasteiger partial charge >= 0.3 is 0 Å². The van der Waals surface area contributed by atoms with Gasteiger partial charge in [0.1, 0.15) is 18.1 Å². The van der Waals surface area contributed by atoms with E-state index in [1.54, 1.807) is 18.2 Å². The number of rotatable bonds is 8. The SMILES string of the molecule is CCCCNc1nc(N)ncc1OCc1cc(-c2ccc(F)cc2)on1. The molecule has 8 heteroatoms. The predicted molar refractivity (Wildman–Crippen MR) is 96.1 cm³/mol. The molecule has 0 spiro atoms. The Balaban J connectivity index is 1.66. The lowest BCUT2D eigenvalue weighted by Gasteiger charge is -2.11. The van der Waals surface area contributed by atoms with Crippen LogP contribution in [0.4, 0.5) is 16.2 Å². The Hall–Kier alpha value is -3.16. The number of benzene rings is 1. The molecule has 2 heterocycles. The number of aromatic nitrogens is 3. The van der Waals surface area contributed by atoms with Crippen LogP contribution in [-0.2, 0) is 6.61 Å². The van der Waals surface area contributed by atoms with E-state index in [0.717, 1.165) is 24.9 Å². The second-order valence-corrected chi connectivity index (χ2v) is 5.70. The molecule has 2 aromatic heterocycles. The lowest BCUT2D eigenvalue weighted by molar-refractivity contribution is 0.289. The molecule has 0 amide bonds. The topological polar surface area (TPSA) is 99.1 Å². The molecule has 1 aromatic carbocycles. The van der Waals surface area contributed by atoms with Crippen LogP contribution in [0.5, 0.6) is 5.75 Å². The molecule has 0 unspecified atom stereocenters. The zero-order chi connectivity index (χ0) is 18.4. The van der Waals surface area contributed by atoms with E-state index in [-0.39, 0.29) is 18.4 Å². The smallest absolute Gasteiger partial charge is 0.222 e. The number of unbranched alkanes of at least 4 members (excludes halogenated alkanes) is 1. The molecular weight excluding hydrogens is 337 g/mol. The van der Waals surface area contributed by atoms with E-state index in [1.165, 1.54) is 18.3 Å². The third-order valence-electron chi connectivity index (χ3n) is 3.66. The lowest BCUT2D eigenvalue weighted by Crippen LogP contribution is -2.08. The molecule has 0 aliphatic rings. The Bertz CT molecular complexity index is 851. The van der Waals surface area contributed by atoms with Gasteiger partial charge in [0.2, 0.25) is 5.95 Å². The minimum absolute atomic E-state index is 0.177. The molecule has 0 saturated carbocycles. The van der Waals surface area contributed by atoms with Gasteiger partial charge < -0.3 is 20.3 Å². The fourth-order valence-corrected chi connectivity index (χ4v) is 2.28. The summed E-state index contributed by atoms with van der Waals surface area (Å²) >= 11 is 0. The number of halogens is 1. The fourth-order valence-electron chi connectivity index (χ4n) is 2.28. The van der Waals surface area contributed by atoms with Crippen LogP contribution in [0, 0.1) is 5.82 Å². The molecule has 0 fully saturated rings. The molecule has 26 heavy (non-hydrogen) atoms. The first kappa shape index (κ1) is 17.7. The van der Waals surface area contributed by atoms with Crippen molar-refractivity contribution in [1.82, 2.24) is 15.1 Å². The average Bonchev–Trinajstić information content (AvgIpc) is 3.11. The van der Waals surface area contributed by atoms with Gasteiger partial charge in [-0.2, -0.15) is 4.98 Å². The Morgan fingerprint density at radius 3 is 2.85 bits per heavy atom. The van der Waals surface area contributed by atoms with Crippen molar-refractivity contribution in [3.63, 3.8) is 0 Å². The molecule has 7 nitrogen and oxygen atoms in total. The number of hydrogen-bond donors (Lipinski definition) is 2. The van der Waals surface area contributed by atoms with Crippen molar-refractivity contribution >= 4 is 11.8 Å². The maximum Gasteiger partial charge on any atom is 0.222 e. The van der Waals surface area contributed by atoms with Gasteiger partial charge in [0.15, 0.2) is 17.3 Å². The molecule has 0 bridgehead atoms. The maximum absolute atomic E-state index is 13.0. The van der Waals surface area contributed by atoms with E-state index in [4.69, 9.17) is 15.0 Å². The van der Waals surface area contributed by atoms with Gasteiger partial charge in [0.05, 0.1) is 6.20 Å². The minimum Gasteiger partial charge on any atom is -0.482 e. The molecule has 0 saturated heterocycles. The standard InChI is InChI=1S/C18H20FN5O2/c1-2-3-8-21-17-16(10-22-18(20)23-17)25-11-14-9-15(26-24-14)12-4-6-13(19)7-5-12/h4-7,9-10H,2-3,8,11H2,1H3,(H3,20,21,22,23). The van der Waals surface area contributed by atoms with Crippen LogP contribution in [0.3, 0.4) is 0 Å². The van der Waals surface area contributed by atoms with Crippen molar-refractivity contribution in [2.24, 2.45) is 0 Å². The summed E-state index contributed by atoms with van der Waals surface area (Å²) in [5.41, 5.74) is 6.98. The van der Waals surface area contributed by atoms with Gasteiger partial charge in [-0.3, -0.25) is 0 Å². The van der Waals surface area contributed by atoms with E-state index in [0.29, 0.717) is 23.0 Å². The summed E-state index contributed by atoms with van der Waals surface area (Å²) in [6, 6.07) is 7.74. The van der Waals surface area contributed by atoms with E-state index in [2.05, 4.69) is 27.4 Å². The van der Waals surface area contributed by atoms with Crippen molar-refractivity contribution < 1.29 is 13.7 Å². The normalized spacial score (nSPS) is 10.7. The fraction of sp³-hybridized carbons (Fsp3) is 0.278. The van der Waals surface area contributed by atoms with E-state index in [9.17, 15) is 4.39 Å². The van der Waals surface area contributed by atoms with Crippen LogP contribution < -0.4 is 15.8 Å². The van der Waals surface area contributed by atoms with E-state index in [1.807, 2.05) is 0 Å². The van der Waals surface area contributed by atoms with Crippen LogP contribution in [0.2, 0.25) is 0 Å². The van der Waals surface area contributed by atoms with Crippen molar-refractivity contribution in [2.75, 3.05) is 17.6 Å². The third-order valence-corrected chi connectivity index (χ3v) is 3.66. The molecule has 0 aliphatic carbocycles. The largest absolute Gasteiger partial charge is 0.482 e. The lowest BCUT2D eigenvalue weighted by atomic mass is 10.1. The van der Waals surface area contributed by atoms with Gasteiger partial charge in [-0.25, -0.2) is 9.37 Å². The Morgan fingerprint density at radius 1 is 1.27 bits per heavy atom. The Kier molecular flexibility index (Phi) is 5.62. The number of nitrogens with zero attached hydrogens (tertiary/aromatic N) is 3. The summed E-state index contributed by atoms with van der Waals surface area (Å²) in [6.45, 7) is 3.05. The number of nitrogens with one attached hydrogen (secondary N) is 1. The van der Waals surface area contributed by atoms with Crippen molar-refractivity contribution in [3.05, 3.63) is 48.0 Å². The van der Waals surface area contributed by atoms with Crippen molar-refractivity contribution in [3.8, 4) is 17.1 Å². The van der Waals surface area contributed by atoms with Crippen LogP contribution >= 0.6 is 0 Å². The highest BCUT2D eigenvalue weighted by Crippen LogP contribution is 2.24. The highest BCUT2D eigenvalue weighted by molar-refractivity contribution is 5.57. The molecule has 3 rings (SSSR count). The van der Waals surface area contributed by atoms with Crippen LogP contribution in [-0.4, -0.2) is 21.7 Å². The first-order valence-electron chi connectivity index (χ1n) is 8.36. The Labute approximate surface area is 150 Å². The summed E-state index contributed by atoms with van der Waals surface area (Å²) in [4.78, 5) is 8.13. The summed E-state index contributed by atoms with van der Waals surface area (Å²) in [6.07, 6.45) is 3.60. The second-order valence-electron chi connectivity index (χ2n) is 5.70. The number of nitrogens with two attached hydrogens (primary N) is 1. The Morgan fingerprint density at radius 2 is 2.08 bits per heavy atom. The molecule has 0 atom stereocenters. The monoisotopic (exact) mass is 357 g/mol.